The van der Waals surface area contributed by atoms with Gasteiger partial charge in [-0.2, -0.15) is 0 Å². The number of aromatic nitrogens is 1. The zero-order valence-electron chi connectivity index (χ0n) is 10.2. The average Bonchev–Trinajstić information content (AvgIpc) is 2.39. The maximum atomic E-state index is 11.1. The van der Waals surface area contributed by atoms with Gasteiger partial charge in [0.1, 0.15) is 4.60 Å². The molecule has 4 heteroatoms. The predicted molar refractivity (Wildman–Crippen MR) is 77.1 cm³/mol. The zero-order chi connectivity index (χ0) is 13.1. The number of benzene rings is 1. The van der Waals surface area contributed by atoms with Crippen molar-refractivity contribution in [2.45, 2.75) is 0 Å². The molecule has 0 N–H and O–H groups in total. The highest BCUT2D eigenvalue weighted by Gasteiger charge is 2.07. The van der Waals surface area contributed by atoms with Gasteiger partial charge in [0.05, 0.1) is 0 Å². The van der Waals surface area contributed by atoms with E-state index in [0.29, 0.717) is 5.56 Å². The number of carbonyl (C=O) groups is 1. The molecule has 0 aliphatic carbocycles. The lowest BCUT2D eigenvalue weighted by Crippen LogP contribution is -2.08. The zero-order valence-corrected chi connectivity index (χ0v) is 11.8. The highest BCUT2D eigenvalue weighted by molar-refractivity contribution is 9.10. The van der Waals surface area contributed by atoms with E-state index in [1.54, 1.807) is 6.20 Å². The highest BCUT2D eigenvalue weighted by atomic mass is 79.9. The first kappa shape index (κ1) is 12.8. The number of halogens is 1. The largest absolute Gasteiger partial charge is 0.378 e. The van der Waals surface area contributed by atoms with Crippen LogP contribution in [0.25, 0.3) is 11.1 Å². The van der Waals surface area contributed by atoms with E-state index in [1.807, 2.05) is 49.3 Å². The van der Waals surface area contributed by atoms with Crippen LogP contribution in [0.3, 0.4) is 0 Å². The second-order valence-corrected chi connectivity index (χ2v) is 4.97. The van der Waals surface area contributed by atoms with Crippen LogP contribution < -0.4 is 4.90 Å². The minimum atomic E-state index is 0.671. The maximum Gasteiger partial charge on any atom is 0.150 e. The van der Waals surface area contributed by atoms with Crippen LogP contribution in [-0.4, -0.2) is 25.4 Å². The van der Waals surface area contributed by atoms with E-state index < -0.39 is 0 Å². The van der Waals surface area contributed by atoms with Crippen molar-refractivity contribution in [3.8, 4) is 11.1 Å². The molecule has 0 bridgehead atoms. The molecule has 0 amide bonds. The normalized spacial score (nSPS) is 10.2. The summed E-state index contributed by atoms with van der Waals surface area (Å²) in [6.45, 7) is 0. The molecular weight excluding hydrogens is 292 g/mol. The first-order chi connectivity index (χ1) is 8.61. The molecule has 1 aromatic carbocycles. The van der Waals surface area contributed by atoms with Gasteiger partial charge in [0, 0.05) is 37.1 Å². The van der Waals surface area contributed by atoms with Crippen molar-refractivity contribution in [1.82, 2.24) is 4.98 Å². The van der Waals surface area contributed by atoms with Crippen LogP contribution in [0.1, 0.15) is 10.4 Å². The molecule has 1 heterocycles. The van der Waals surface area contributed by atoms with E-state index in [1.165, 1.54) is 0 Å². The monoisotopic (exact) mass is 304 g/mol. The van der Waals surface area contributed by atoms with Gasteiger partial charge in [0.25, 0.3) is 0 Å². The Hall–Kier alpha value is -1.68. The first-order valence-electron chi connectivity index (χ1n) is 5.50. The number of carbonyl (C=O) groups excluding carboxylic acids is 1. The van der Waals surface area contributed by atoms with Gasteiger partial charge in [-0.25, -0.2) is 4.98 Å². The summed E-state index contributed by atoms with van der Waals surface area (Å²) in [4.78, 5) is 17.3. The van der Waals surface area contributed by atoms with Crippen molar-refractivity contribution in [1.29, 1.82) is 0 Å². The Labute approximate surface area is 115 Å². The van der Waals surface area contributed by atoms with E-state index in [9.17, 15) is 4.79 Å². The van der Waals surface area contributed by atoms with E-state index in [0.717, 1.165) is 27.7 Å². The van der Waals surface area contributed by atoms with Gasteiger partial charge in [0.2, 0.25) is 0 Å². The van der Waals surface area contributed by atoms with Crippen LogP contribution in [0.2, 0.25) is 0 Å². The summed E-state index contributed by atoms with van der Waals surface area (Å²) in [5.74, 6) is 0. The van der Waals surface area contributed by atoms with Gasteiger partial charge in [-0.3, -0.25) is 4.79 Å². The number of rotatable bonds is 3. The van der Waals surface area contributed by atoms with E-state index in [-0.39, 0.29) is 0 Å². The first-order valence-corrected chi connectivity index (χ1v) is 6.29. The fourth-order valence-electron chi connectivity index (χ4n) is 1.71. The van der Waals surface area contributed by atoms with Crippen LogP contribution in [0.15, 0.2) is 41.1 Å². The summed E-state index contributed by atoms with van der Waals surface area (Å²) < 4.78 is 0.780. The molecular formula is C14H13BrN2O. The molecule has 0 unspecified atom stereocenters. The fraction of sp³-hybridized carbons (Fsp3) is 0.143. The number of anilines is 1. The van der Waals surface area contributed by atoms with Gasteiger partial charge in [-0.1, -0.05) is 6.07 Å². The lowest BCUT2D eigenvalue weighted by Gasteiger charge is -2.15. The molecule has 0 atom stereocenters. The van der Waals surface area contributed by atoms with Crippen molar-refractivity contribution in [3.05, 3.63) is 46.7 Å². The summed E-state index contributed by atoms with van der Waals surface area (Å²) in [5.41, 5.74) is 3.56. The number of hydrogen-bond donors (Lipinski definition) is 0. The van der Waals surface area contributed by atoms with E-state index in [2.05, 4.69) is 20.9 Å². The van der Waals surface area contributed by atoms with Crippen LogP contribution in [-0.2, 0) is 0 Å². The Morgan fingerprint density at radius 1 is 1.22 bits per heavy atom. The van der Waals surface area contributed by atoms with Crippen molar-refractivity contribution in [3.63, 3.8) is 0 Å². The summed E-state index contributed by atoms with van der Waals surface area (Å²) >= 11 is 3.30. The lowest BCUT2D eigenvalue weighted by molar-refractivity contribution is 0.112. The van der Waals surface area contributed by atoms with Gasteiger partial charge < -0.3 is 4.90 Å². The molecule has 0 saturated carbocycles. The number of nitrogens with zero attached hydrogens (tertiary/aromatic N) is 2. The standard InChI is InChI=1S/C14H13BrN2O/c1-17(2)12-5-3-11(9-18)13(7-12)10-4-6-14(15)16-8-10/h3-9H,1-2H3. The van der Waals surface area contributed by atoms with Gasteiger partial charge in [-0.05, 0) is 45.8 Å². The third kappa shape index (κ3) is 2.59. The Morgan fingerprint density at radius 2 is 2.00 bits per heavy atom. The quantitative estimate of drug-likeness (QED) is 0.644. The van der Waals surface area contributed by atoms with Crippen LogP contribution >= 0.6 is 15.9 Å². The fourth-order valence-corrected chi connectivity index (χ4v) is 1.94. The van der Waals surface area contributed by atoms with Crippen molar-refractivity contribution in [2.24, 2.45) is 0 Å². The SMILES string of the molecule is CN(C)c1ccc(C=O)c(-c2ccc(Br)nc2)c1. The van der Waals surface area contributed by atoms with Gasteiger partial charge in [-0.15, -0.1) is 0 Å². The van der Waals surface area contributed by atoms with E-state index >= 15 is 0 Å². The van der Waals surface area contributed by atoms with Crippen LogP contribution in [0.4, 0.5) is 5.69 Å². The second kappa shape index (κ2) is 5.31. The Bertz CT molecular complexity index is 565. The second-order valence-electron chi connectivity index (χ2n) is 4.15. The molecule has 0 radical (unpaired) electrons. The van der Waals surface area contributed by atoms with Gasteiger partial charge in [0.15, 0.2) is 6.29 Å². The summed E-state index contributed by atoms with van der Waals surface area (Å²) in [7, 11) is 3.94. The van der Waals surface area contributed by atoms with Crippen molar-refractivity contribution >= 4 is 27.9 Å². The molecule has 3 nitrogen and oxygen atoms in total. The average molecular weight is 305 g/mol. The predicted octanol–water partition coefficient (Wildman–Crippen LogP) is 3.39. The third-order valence-electron chi connectivity index (χ3n) is 2.72. The maximum absolute atomic E-state index is 11.1. The molecule has 0 saturated heterocycles. The molecule has 1 aromatic heterocycles. The molecule has 92 valence electrons. The number of pyridine rings is 1. The van der Waals surface area contributed by atoms with Crippen molar-refractivity contribution in [2.75, 3.05) is 19.0 Å². The van der Waals surface area contributed by atoms with Gasteiger partial charge >= 0.3 is 0 Å². The molecule has 0 aliphatic rings. The van der Waals surface area contributed by atoms with Crippen LogP contribution in [0.5, 0.6) is 0 Å². The molecule has 2 rings (SSSR count). The Kier molecular flexibility index (Phi) is 3.77. The molecule has 2 aromatic rings. The molecule has 0 fully saturated rings. The van der Waals surface area contributed by atoms with E-state index in [4.69, 9.17) is 0 Å². The Balaban J connectivity index is 2.56. The van der Waals surface area contributed by atoms with Crippen molar-refractivity contribution < 1.29 is 4.79 Å². The topological polar surface area (TPSA) is 33.2 Å². The minimum absolute atomic E-state index is 0.671. The molecule has 0 aliphatic heterocycles. The lowest BCUT2D eigenvalue weighted by atomic mass is 10.0. The molecule has 18 heavy (non-hydrogen) atoms. The summed E-state index contributed by atoms with van der Waals surface area (Å²) in [6.07, 6.45) is 2.63. The Morgan fingerprint density at radius 3 is 2.56 bits per heavy atom. The minimum Gasteiger partial charge on any atom is -0.378 e. The third-order valence-corrected chi connectivity index (χ3v) is 3.19. The molecule has 0 spiro atoms. The number of aldehydes is 1. The smallest absolute Gasteiger partial charge is 0.150 e. The highest BCUT2D eigenvalue weighted by Crippen LogP contribution is 2.27. The van der Waals surface area contributed by atoms with Crippen LogP contribution in [0, 0.1) is 0 Å². The number of hydrogen-bond acceptors (Lipinski definition) is 3. The summed E-state index contributed by atoms with van der Waals surface area (Å²) in [5, 5.41) is 0. The summed E-state index contributed by atoms with van der Waals surface area (Å²) in [6, 6.07) is 9.57.